The summed E-state index contributed by atoms with van der Waals surface area (Å²) >= 11 is 12.7. The van der Waals surface area contributed by atoms with Gasteiger partial charge in [-0.3, -0.25) is 0 Å². The Kier molecular flexibility index (Phi) is 7.37. The number of alkyl halides is 6. The van der Waals surface area contributed by atoms with Crippen LogP contribution in [0.2, 0.25) is 10.0 Å². The normalized spacial score (nSPS) is 17.2. The molecule has 2 atom stereocenters. The van der Waals surface area contributed by atoms with Crippen LogP contribution in [0.15, 0.2) is 66.7 Å². The van der Waals surface area contributed by atoms with Crippen LogP contribution in [-0.4, -0.2) is 30.5 Å². The van der Waals surface area contributed by atoms with Crippen molar-refractivity contribution < 1.29 is 31.4 Å². The van der Waals surface area contributed by atoms with E-state index in [1.54, 1.807) is 42.5 Å². The van der Waals surface area contributed by atoms with Crippen LogP contribution in [-0.2, 0) is 12.7 Å². The Bertz CT molecular complexity index is 1210. The van der Waals surface area contributed by atoms with Gasteiger partial charge in [-0.05, 0) is 42.0 Å². The lowest BCUT2D eigenvalue weighted by Crippen LogP contribution is -2.49. The molecule has 0 saturated carbocycles. The van der Waals surface area contributed by atoms with Crippen molar-refractivity contribution in [3.63, 3.8) is 0 Å². The number of benzene rings is 3. The summed E-state index contributed by atoms with van der Waals surface area (Å²) in [4.78, 5) is 3.11. The molecule has 3 aromatic carbocycles. The molecule has 3 nitrogen and oxygen atoms in total. The minimum absolute atomic E-state index is 0.0183. The molecular weight excluding hydrogens is 529 g/mol. The third kappa shape index (κ3) is 5.53. The molecule has 1 aliphatic heterocycles. The smallest absolute Gasteiger partial charge is 0.382 e. The summed E-state index contributed by atoms with van der Waals surface area (Å²) in [6, 6.07) is 15.1. The fraction of sp³-hybridized carbons (Fsp3) is 0.280. The maximum atomic E-state index is 13.4. The van der Waals surface area contributed by atoms with E-state index in [0.29, 0.717) is 27.0 Å². The first-order valence-corrected chi connectivity index (χ1v) is 11.6. The van der Waals surface area contributed by atoms with E-state index in [4.69, 9.17) is 23.2 Å². The molecule has 0 radical (unpaired) electrons. The number of nitrogens with zero attached hydrogens (tertiary/aromatic N) is 2. The zero-order chi connectivity index (χ0) is 26.3. The lowest BCUT2D eigenvalue weighted by molar-refractivity contribution is -0.200. The minimum atomic E-state index is -4.91. The minimum Gasteiger partial charge on any atom is -0.382 e. The van der Waals surface area contributed by atoms with Gasteiger partial charge < -0.3 is 14.9 Å². The Balaban J connectivity index is 1.82. The van der Waals surface area contributed by atoms with Crippen molar-refractivity contribution in [2.45, 2.75) is 31.0 Å². The second kappa shape index (κ2) is 10.0. The van der Waals surface area contributed by atoms with Crippen molar-refractivity contribution >= 4 is 34.6 Å². The molecule has 0 fully saturated rings. The zero-order valence-electron chi connectivity index (χ0n) is 18.5. The molecule has 4 rings (SSSR count). The number of halogens is 8. The quantitative estimate of drug-likeness (QED) is 0.334. The summed E-state index contributed by atoms with van der Waals surface area (Å²) in [6.07, 6.45) is -12.2. The number of fused-ring (bicyclic) bond motifs is 1. The lowest BCUT2D eigenvalue weighted by Gasteiger charge is -2.46. The van der Waals surface area contributed by atoms with Gasteiger partial charge in [0.05, 0.1) is 29.5 Å². The first kappa shape index (κ1) is 26.4. The van der Waals surface area contributed by atoms with Gasteiger partial charge in [0, 0.05) is 28.7 Å². The standard InChI is InChI=1S/C25H20Cl2F6N2O/c26-18-7-4-8-19(27)17(18)12-34-13-22(15-5-3-6-16(11-15)24(28,29)30)35(14-23(36)25(31,32)33)21-10-2-1-9-20(21)34/h1-11,22-23,36H,12-14H2. The van der Waals surface area contributed by atoms with Crippen LogP contribution in [0, 0.1) is 0 Å². The highest BCUT2D eigenvalue weighted by Crippen LogP contribution is 2.44. The molecule has 0 bridgehead atoms. The van der Waals surface area contributed by atoms with E-state index in [1.165, 1.54) is 17.0 Å². The summed E-state index contributed by atoms with van der Waals surface area (Å²) in [6.45, 7) is -0.673. The highest BCUT2D eigenvalue weighted by Gasteiger charge is 2.43. The molecule has 0 amide bonds. The summed E-state index contributed by atoms with van der Waals surface area (Å²) < 4.78 is 80.3. The molecule has 11 heteroatoms. The SMILES string of the molecule is OC(CN1c2ccccc2N(Cc2c(Cl)cccc2Cl)CC1c1cccc(C(F)(F)F)c1)C(F)(F)F. The lowest BCUT2D eigenvalue weighted by atomic mass is 9.96. The van der Waals surface area contributed by atoms with Crippen molar-refractivity contribution in [2.75, 3.05) is 22.9 Å². The van der Waals surface area contributed by atoms with Gasteiger partial charge >= 0.3 is 12.4 Å². The van der Waals surface area contributed by atoms with Crippen LogP contribution in [0.4, 0.5) is 37.7 Å². The number of para-hydroxylation sites is 2. The Morgan fingerprint density at radius 3 is 2.08 bits per heavy atom. The molecule has 36 heavy (non-hydrogen) atoms. The topological polar surface area (TPSA) is 26.7 Å². The number of hydrogen-bond donors (Lipinski definition) is 1. The van der Waals surface area contributed by atoms with Gasteiger partial charge in [-0.1, -0.05) is 53.5 Å². The molecule has 2 unspecified atom stereocenters. The van der Waals surface area contributed by atoms with Crippen LogP contribution in [0.3, 0.4) is 0 Å². The molecule has 1 heterocycles. The summed E-state index contributed by atoms with van der Waals surface area (Å²) in [5, 5.41) is 10.7. The Morgan fingerprint density at radius 2 is 1.47 bits per heavy atom. The number of aliphatic hydroxyl groups excluding tert-OH is 1. The van der Waals surface area contributed by atoms with E-state index in [0.717, 1.165) is 12.1 Å². The van der Waals surface area contributed by atoms with Crippen LogP contribution in [0.1, 0.15) is 22.7 Å². The van der Waals surface area contributed by atoms with Crippen LogP contribution >= 0.6 is 23.2 Å². The van der Waals surface area contributed by atoms with Crippen molar-refractivity contribution in [1.82, 2.24) is 0 Å². The summed E-state index contributed by atoms with van der Waals surface area (Å²) in [5.74, 6) is 0. The molecule has 3 aromatic rings. The van der Waals surface area contributed by atoms with Gasteiger partial charge in [0.15, 0.2) is 6.10 Å². The van der Waals surface area contributed by atoms with E-state index < -0.39 is 36.6 Å². The van der Waals surface area contributed by atoms with Crippen LogP contribution < -0.4 is 9.80 Å². The second-order valence-electron chi connectivity index (χ2n) is 8.42. The van der Waals surface area contributed by atoms with E-state index in [2.05, 4.69) is 0 Å². The number of aliphatic hydroxyl groups is 1. The summed E-state index contributed by atoms with van der Waals surface area (Å²) in [7, 11) is 0. The predicted octanol–water partition coefficient (Wildman–Crippen LogP) is 7.50. The third-order valence-corrected chi connectivity index (χ3v) is 6.77. The van der Waals surface area contributed by atoms with E-state index >= 15 is 0 Å². The highest BCUT2D eigenvalue weighted by atomic mass is 35.5. The molecular formula is C25H20Cl2F6N2O. The molecule has 0 aromatic heterocycles. The average Bonchev–Trinajstić information content (AvgIpc) is 2.81. The molecule has 192 valence electrons. The molecule has 0 spiro atoms. The number of hydrogen-bond acceptors (Lipinski definition) is 3. The molecule has 1 aliphatic rings. The fourth-order valence-electron chi connectivity index (χ4n) is 4.29. The van der Waals surface area contributed by atoms with E-state index in [9.17, 15) is 31.4 Å². The predicted molar refractivity (Wildman–Crippen MR) is 128 cm³/mol. The maximum absolute atomic E-state index is 13.4. The van der Waals surface area contributed by atoms with Crippen molar-refractivity contribution in [2.24, 2.45) is 0 Å². The van der Waals surface area contributed by atoms with Gasteiger partial charge in [-0.25, -0.2) is 0 Å². The van der Waals surface area contributed by atoms with E-state index in [1.807, 2.05) is 4.90 Å². The van der Waals surface area contributed by atoms with Crippen molar-refractivity contribution in [1.29, 1.82) is 0 Å². The fourth-order valence-corrected chi connectivity index (χ4v) is 4.81. The molecule has 0 saturated heterocycles. The summed E-state index contributed by atoms with van der Waals surface area (Å²) in [5.41, 5.74) is 0.672. The van der Waals surface area contributed by atoms with Gasteiger partial charge in [0.1, 0.15) is 0 Å². The first-order chi connectivity index (χ1) is 16.9. The first-order valence-electron chi connectivity index (χ1n) is 10.8. The van der Waals surface area contributed by atoms with Gasteiger partial charge in [-0.2, -0.15) is 26.3 Å². The van der Waals surface area contributed by atoms with Gasteiger partial charge in [-0.15, -0.1) is 0 Å². The Hall–Kier alpha value is -2.62. The molecule has 1 N–H and O–H groups in total. The third-order valence-electron chi connectivity index (χ3n) is 6.06. The zero-order valence-corrected chi connectivity index (χ0v) is 20.0. The van der Waals surface area contributed by atoms with E-state index in [-0.39, 0.29) is 18.7 Å². The van der Waals surface area contributed by atoms with Gasteiger partial charge in [0.25, 0.3) is 0 Å². The second-order valence-corrected chi connectivity index (χ2v) is 9.23. The maximum Gasteiger partial charge on any atom is 0.416 e. The number of anilines is 2. The van der Waals surface area contributed by atoms with Crippen LogP contribution in [0.5, 0.6) is 0 Å². The Morgan fingerprint density at radius 1 is 0.861 bits per heavy atom. The average molecular weight is 549 g/mol. The highest BCUT2D eigenvalue weighted by molar-refractivity contribution is 6.36. The monoisotopic (exact) mass is 548 g/mol. The van der Waals surface area contributed by atoms with Gasteiger partial charge in [0.2, 0.25) is 0 Å². The largest absolute Gasteiger partial charge is 0.416 e. The van der Waals surface area contributed by atoms with Crippen molar-refractivity contribution in [3.05, 3.63) is 93.5 Å². The number of rotatable bonds is 5. The van der Waals surface area contributed by atoms with Crippen molar-refractivity contribution in [3.8, 4) is 0 Å². The Labute approximate surface area is 213 Å². The van der Waals surface area contributed by atoms with Crippen LogP contribution in [0.25, 0.3) is 0 Å². The molecule has 0 aliphatic carbocycles. The number of β-amino-alcohol motifs (C(OH)–C–C–N with tert-alkyl or cyclic N) is 1.